The summed E-state index contributed by atoms with van der Waals surface area (Å²) in [7, 11) is 1.98. The first-order valence-corrected chi connectivity index (χ1v) is 5.38. The van der Waals surface area contributed by atoms with Gasteiger partial charge in [-0.3, -0.25) is 14.6 Å². The molecule has 2 heterocycles. The highest BCUT2D eigenvalue weighted by Gasteiger charge is 2.21. The van der Waals surface area contributed by atoms with Crippen LogP contribution >= 0.6 is 0 Å². The second kappa shape index (κ2) is 4.54. The molecule has 0 bridgehead atoms. The number of aromatic amines is 2. The van der Waals surface area contributed by atoms with E-state index in [9.17, 15) is 14.4 Å². The van der Waals surface area contributed by atoms with Crippen LogP contribution in [-0.2, 0) is 0 Å². The van der Waals surface area contributed by atoms with Crippen LogP contribution < -0.4 is 11.2 Å². The predicted molar refractivity (Wildman–Crippen MR) is 61.1 cm³/mol. The van der Waals surface area contributed by atoms with Crippen LogP contribution in [-0.4, -0.2) is 58.9 Å². The first-order valence-electron chi connectivity index (χ1n) is 5.38. The Morgan fingerprint density at radius 2 is 1.82 bits per heavy atom. The molecular weight excluding hydrogens is 224 g/mol. The average Bonchev–Trinajstić information content (AvgIpc) is 2.28. The maximum absolute atomic E-state index is 12.0. The third kappa shape index (κ3) is 2.62. The van der Waals surface area contributed by atoms with E-state index in [2.05, 4.69) is 9.88 Å². The molecule has 7 heteroatoms. The zero-order valence-corrected chi connectivity index (χ0v) is 9.52. The second-order valence-corrected chi connectivity index (χ2v) is 4.10. The van der Waals surface area contributed by atoms with E-state index in [1.54, 1.807) is 4.90 Å². The molecule has 1 aliphatic rings. The lowest BCUT2D eigenvalue weighted by atomic mass is 10.3. The number of piperazine rings is 1. The number of aromatic nitrogens is 2. The summed E-state index contributed by atoms with van der Waals surface area (Å²) in [4.78, 5) is 42.3. The Bertz CT molecular complexity index is 497. The first-order chi connectivity index (χ1) is 8.06. The van der Waals surface area contributed by atoms with Crippen molar-refractivity contribution in [1.29, 1.82) is 0 Å². The third-order valence-corrected chi connectivity index (χ3v) is 2.78. The van der Waals surface area contributed by atoms with E-state index in [0.29, 0.717) is 13.1 Å². The number of carbonyl (C=O) groups excluding carboxylic acids is 1. The van der Waals surface area contributed by atoms with Crippen LogP contribution in [0.4, 0.5) is 0 Å². The van der Waals surface area contributed by atoms with E-state index in [-0.39, 0.29) is 11.6 Å². The summed E-state index contributed by atoms with van der Waals surface area (Å²) in [5, 5.41) is 0. The van der Waals surface area contributed by atoms with Gasteiger partial charge in [0.05, 0.1) is 0 Å². The SMILES string of the molecule is CN1CCN(C(=O)c2cc(=O)[nH]c(=O)[nH]2)CC1. The maximum Gasteiger partial charge on any atom is 0.326 e. The molecule has 0 aliphatic carbocycles. The minimum Gasteiger partial charge on any atom is -0.335 e. The summed E-state index contributed by atoms with van der Waals surface area (Å²) in [6.07, 6.45) is 0. The van der Waals surface area contributed by atoms with Gasteiger partial charge in [0, 0.05) is 32.2 Å². The van der Waals surface area contributed by atoms with Crippen molar-refractivity contribution in [3.63, 3.8) is 0 Å². The number of nitrogens with one attached hydrogen (secondary N) is 2. The molecule has 0 saturated carbocycles. The van der Waals surface area contributed by atoms with Crippen molar-refractivity contribution in [1.82, 2.24) is 19.8 Å². The summed E-state index contributed by atoms with van der Waals surface area (Å²) in [6, 6.07) is 1.11. The van der Waals surface area contributed by atoms with Gasteiger partial charge in [-0.2, -0.15) is 0 Å². The largest absolute Gasteiger partial charge is 0.335 e. The topological polar surface area (TPSA) is 89.3 Å². The van der Waals surface area contributed by atoms with E-state index < -0.39 is 11.2 Å². The normalized spacial score (nSPS) is 17.1. The van der Waals surface area contributed by atoms with Gasteiger partial charge in [-0.1, -0.05) is 0 Å². The highest BCUT2D eigenvalue weighted by atomic mass is 16.2. The van der Waals surface area contributed by atoms with Crippen molar-refractivity contribution in [2.24, 2.45) is 0 Å². The van der Waals surface area contributed by atoms with Crippen molar-refractivity contribution >= 4 is 5.91 Å². The highest BCUT2D eigenvalue weighted by Crippen LogP contribution is 2.03. The molecule has 1 aliphatic heterocycles. The summed E-state index contributed by atoms with van der Waals surface area (Å²) < 4.78 is 0. The first kappa shape index (κ1) is 11.6. The van der Waals surface area contributed by atoms with Gasteiger partial charge in [-0.15, -0.1) is 0 Å². The molecule has 1 fully saturated rings. The molecule has 0 unspecified atom stereocenters. The molecule has 2 N–H and O–H groups in total. The van der Waals surface area contributed by atoms with Crippen LogP contribution in [0, 0.1) is 0 Å². The number of likely N-dealkylation sites (N-methyl/N-ethyl adjacent to an activating group) is 1. The van der Waals surface area contributed by atoms with Gasteiger partial charge in [0.1, 0.15) is 5.69 Å². The molecule has 0 radical (unpaired) electrons. The Labute approximate surface area is 97.1 Å². The molecule has 0 spiro atoms. The standard InChI is InChI=1S/C10H14N4O3/c1-13-2-4-14(5-3-13)9(16)7-6-8(15)12-10(17)11-7/h6H,2-5H2,1H3,(H2,11,12,15,17). The van der Waals surface area contributed by atoms with Gasteiger partial charge in [0.2, 0.25) is 0 Å². The number of rotatable bonds is 1. The van der Waals surface area contributed by atoms with Crippen molar-refractivity contribution < 1.29 is 4.79 Å². The number of nitrogens with zero attached hydrogens (tertiary/aromatic N) is 2. The van der Waals surface area contributed by atoms with Gasteiger partial charge in [0.25, 0.3) is 11.5 Å². The lowest BCUT2D eigenvalue weighted by Crippen LogP contribution is -2.47. The Morgan fingerprint density at radius 3 is 2.41 bits per heavy atom. The molecule has 92 valence electrons. The van der Waals surface area contributed by atoms with Crippen LogP contribution in [0.3, 0.4) is 0 Å². The molecule has 17 heavy (non-hydrogen) atoms. The van der Waals surface area contributed by atoms with E-state index in [1.165, 1.54) is 0 Å². The molecule has 1 saturated heterocycles. The maximum atomic E-state index is 12.0. The van der Waals surface area contributed by atoms with Crippen molar-refractivity contribution in [2.45, 2.75) is 0 Å². The number of hydrogen-bond donors (Lipinski definition) is 2. The zero-order valence-electron chi connectivity index (χ0n) is 9.52. The highest BCUT2D eigenvalue weighted by molar-refractivity contribution is 5.92. The number of carbonyl (C=O) groups is 1. The monoisotopic (exact) mass is 238 g/mol. The molecule has 1 aromatic rings. The number of hydrogen-bond acceptors (Lipinski definition) is 4. The van der Waals surface area contributed by atoms with E-state index in [1.807, 2.05) is 12.0 Å². The summed E-state index contributed by atoms with van der Waals surface area (Å²) >= 11 is 0. The third-order valence-electron chi connectivity index (χ3n) is 2.78. The average molecular weight is 238 g/mol. The number of amides is 1. The Kier molecular flexibility index (Phi) is 3.10. The lowest BCUT2D eigenvalue weighted by molar-refractivity contribution is 0.0657. The van der Waals surface area contributed by atoms with Crippen LogP contribution in [0.25, 0.3) is 0 Å². The molecule has 7 nitrogen and oxygen atoms in total. The van der Waals surface area contributed by atoms with Gasteiger partial charge < -0.3 is 14.8 Å². The molecule has 0 aromatic carbocycles. The summed E-state index contributed by atoms with van der Waals surface area (Å²) in [5.74, 6) is -0.304. The van der Waals surface area contributed by atoms with Gasteiger partial charge in [-0.05, 0) is 7.05 Å². The molecule has 0 atom stereocenters. The Hall–Kier alpha value is -1.89. The van der Waals surface area contributed by atoms with Crippen LogP contribution in [0.1, 0.15) is 10.5 Å². The zero-order chi connectivity index (χ0) is 12.4. The lowest BCUT2D eigenvalue weighted by Gasteiger charge is -2.32. The van der Waals surface area contributed by atoms with Crippen LogP contribution in [0.5, 0.6) is 0 Å². The Balaban J connectivity index is 2.19. The van der Waals surface area contributed by atoms with E-state index in [0.717, 1.165) is 19.2 Å². The fourth-order valence-electron chi connectivity index (χ4n) is 1.76. The quantitative estimate of drug-likeness (QED) is 0.620. The summed E-state index contributed by atoms with van der Waals surface area (Å²) in [5.41, 5.74) is -1.18. The fourth-order valence-corrected chi connectivity index (χ4v) is 1.76. The minimum atomic E-state index is -0.657. The van der Waals surface area contributed by atoms with Gasteiger partial charge >= 0.3 is 5.69 Å². The van der Waals surface area contributed by atoms with Crippen LogP contribution in [0.2, 0.25) is 0 Å². The molecule has 2 rings (SSSR count). The van der Waals surface area contributed by atoms with Gasteiger partial charge in [-0.25, -0.2) is 4.79 Å². The minimum absolute atomic E-state index is 0.0447. The Morgan fingerprint density at radius 1 is 1.18 bits per heavy atom. The second-order valence-electron chi connectivity index (χ2n) is 4.10. The van der Waals surface area contributed by atoms with Crippen molar-refractivity contribution in [2.75, 3.05) is 33.2 Å². The summed E-state index contributed by atoms with van der Waals surface area (Å²) in [6.45, 7) is 2.78. The van der Waals surface area contributed by atoms with E-state index >= 15 is 0 Å². The fraction of sp³-hybridized carbons (Fsp3) is 0.500. The van der Waals surface area contributed by atoms with Gasteiger partial charge in [0.15, 0.2) is 0 Å². The molecule has 1 amide bonds. The van der Waals surface area contributed by atoms with Crippen molar-refractivity contribution in [3.8, 4) is 0 Å². The molecule has 1 aromatic heterocycles. The van der Waals surface area contributed by atoms with E-state index in [4.69, 9.17) is 0 Å². The van der Waals surface area contributed by atoms with Crippen LogP contribution in [0.15, 0.2) is 15.7 Å². The molecular formula is C10H14N4O3. The number of H-pyrrole nitrogens is 2. The van der Waals surface area contributed by atoms with Crippen molar-refractivity contribution in [3.05, 3.63) is 32.6 Å². The smallest absolute Gasteiger partial charge is 0.326 e. The predicted octanol–water partition coefficient (Wildman–Crippen LogP) is -1.55.